The topological polar surface area (TPSA) is 37.4 Å². The minimum Gasteiger partial charge on any atom is -0.207 e. The minimum atomic E-state index is -4.75. The molecule has 0 atom stereocenters. The maximum absolute atomic E-state index is 13.0. The fourth-order valence-corrected chi connectivity index (χ4v) is 3.52. The van der Waals surface area contributed by atoms with Crippen LogP contribution in [0.5, 0.6) is 0 Å². The van der Waals surface area contributed by atoms with E-state index in [1.807, 2.05) is 0 Å². The molecule has 0 saturated carbocycles. The Morgan fingerprint density at radius 3 is 2.17 bits per heavy atom. The van der Waals surface area contributed by atoms with Crippen LogP contribution in [0, 0.1) is 0 Å². The Bertz CT molecular complexity index is 789. The van der Waals surface area contributed by atoms with Gasteiger partial charge in [-0.2, -0.15) is 17.5 Å². The lowest BCUT2D eigenvalue weighted by Gasteiger charge is -2.20. The molecule has 3 nitrogen and oxygen atoms in total. The molecule has 2 rings (SSSR count). The Kier molecular flexibility index (Phi) is 5.03. The molecule has 23 heavy (non-hydrogen) atoms. The monoisotopic (exact) mass is 363 g/mol. The summed E-state index contributed by atoms with van der Waals surface area (Å²) in [4.78, 5) is -0.760. The van der Waals surface area contributed by atoms with E-state index in [-0.39, 0.29) is 6.54 Å². The van der Waals surface area contributed by atoms with E-state index >= 15 is 0 Å². The first-order chi connectivity index (χ1) is 10.6. The second kappa shape index (κ2) is 6.51. The van der Waals surface area contributed by atoms with Crippen molar-refractivity contribution >= 4 is 21.6 Å². The van der Waals surface area contributed by atoms with Crippen LogP contribution in [-0.4, -0.2) is 19.8 Å². The molecule has 0 aliphatic carbocycles. The minimum absolute atomic E-state index is 0.0638. The fraction of sp³-hybridized carbons (Fsp3) is 0.200. The van der Waals surface area contributed by atoms with Gasteiger partial charge < -0.3 is 0 Å². The van der Waals surface area contributed by atoms with Crippen molar-refractivity contribution in [2.75, 3.05) is 7.05 Å². The summed E-state index contributed by atoms with van der Waals surface area (Å²) >= 11 is 5.75. The van der Waals surface area contributed by atoms with Crippen molar-refractivity contribution in [3.8, 4) is 0 Å². The molecule has 2 aromatic rings. The molecular formula is C15H13ClF3NO2S. The summed E-state index contributed by atoms with van der Waals surface area (Å²) in [5.74, 6) is 0. The summed E-state index contributed by atoms with van der Waals surface area (Å²) < 4.78 is 64.9. The van der Waals surface area contributed by atoms with Crippen molar-refractivity contribution in [2.24, 2.45) is 0 Å². The Morgan fingerprint density at radius 2 is 1.61 bits per heavy atom. The highest BCUT2D eigenvalue weighted by Crippen LogP contribution is 2.35. The number of hydrogen-bond acceptors (Lipinski definition) is 2. The highest BCUT2D eigenvalue weighted by molar-refractivity contribution is 7.89. The molecule has 0 spiro atoms. The Labute approximate surface area is 137 Å². The number of alkyl halides is 3. The number of hydrogen-bond donors (Lipinski definition) is 0. The molecule has 0 unspecified atom stereocenters. The zero-order chi connectivity index (χ0) is 17.3. The van der Waals surface area contributed by atoms with Gasteiger partial charge in [-0.05, 0) is 29.8 Å². The van der Waals surface area contributed by atoms with Gasteiger partial charge in [-0.1, -0.05) is 35.9 Å². The largest absolute Gasteiger partial charge is 0.417 e. The van der Waals surface area contributed by atoms with E-state index in [1.165, 1.54) is 13.1 Å². The van der Waals surface area contributed by atoms with Crippen molar-refractivity contribution in [3.63, 3.8) is 0 Å². The molecule has 0 N–H and O–H groups in total. The van der Waals surface area contributed by atoms with E-state index in [0.717, 1.165) is 22.5 Å². The maximum atomic E-state index is 13.0. The van der Waals surface area contributed by atoms with E-state index < -0.39 is 26.7 Å². The molecule has 0 fully saturated rings. The Morgan fingerprint density at radius 1 is 1.04 bits per heavy atom. The first-order valence-electron chi connectivity index (χ1n) is 6.49. The lowest BCUT2D eigenvalue weighted by atomic mass is 10.2. The second-order valence-corrected chi connectivity index (χ2v) is 7.33. The maximum Gasteiger partial charge on any atom is 0.417 e. The van der Waals surface area contributed by atoms with E-state index in [2.05, 4.69) is 0 Å². The van der Waals surface area contributed by atoms with Gasteiger partial charge in [0.25, 0.3) is 0 Å². The van der Waals surface area contributed by atoms with Crippen LogP contribution in [0.3, 0.4) is 0 Å². The summed E-state index contributed by atoms with van der Waals surface area (Å²) in [7, 11) is -3.05. The third-order valence-electron chi connectivity index (χ3n) is 3.20. The first kappa shape index (κ1) is 17.8. The number of rotatable bonds is 4. The molecule has 0 heterocycles. The lowest BCUT2D eigenvalue weighted by molar-refractivity contribution is -0.139. The van der Waals surface area contributed by atoms with Gasteiger partial charge in [-0.3, -0.25) is 0 Å². The first-order valence-corrected chi connectivity index (χ1v) is 8.31. The summed E-state index contributed by atoms with van der Waals surface area (Å²) in [5, 5.41) is 0.488. The van der Waals surface area contributed by atoms with Crippen molar-refractivity contribution in [2.45, 2.75) is 17.6 Å². The van der Waals surface area contributed by atoms with Gasteiger partial charge in [0.1, 0.15) is 0 Å². The zero-order valence-electron chi connectivity index (χ0n) is 12.0. The number of halogens is 4. The van der Waals surface area contributed by atoms with Crippen LogP contribution in [0.25, 0.3) is 0 Å². The summed E-state index contributed by atoms with van der Waals surface area (Å²) in [6.45, 7) is -0.0638. The molecule has 0 radical (unpaired) electrons. The third-order valence-corrected chi connectivity index (χ3v) is 5.31. The molecule has 124 valence electrons. The highest BCUT2D eigenvalue weighted by atomic mass is 35.5. The van der Waals surface area contributed by atoms with E-state index in [9.17, 15) is 21.6 Å². The van der Waals surface area contributed by atoms with E-state index in [4.69, 9.17) is 11.6 Å². The summed E-state index contributed by atoms with van der Waals surface area (Å²) in [6, 6.07) is 10.5. The molecule has 0 aliphatic rings. The second-order valence-electron chi connectivity index (χ2n) is 4.88. The van der Waals surface area contributed by atoms with Crippen LogP contribution in [0.2, 0.25) is 5.02 Å². The van der Waals surface area contributed by atoms with Crippen LogP contribution >= 0.6 is 11.6 Å². The van der Waals surface area contributed by atoms with Gasteiger partial charge in [0.15, 0.2) is 0 Å². The number of nitrogens with zero attached hydrogens (tertiary/aromatic N) is 1. The van der Waals surface area contributed by atoms with Crippen LogP contribution in [0.15, 0.2) is 53.4 Å². The molecular weight excluding hydrogens is 351 g/mol. The Balaban J connectivity index is 2.37. The van der Waals surface area contributed by atoms with Gasteiger partial charge in [0, 0.05) is 18.6 Å². The molecule has 2 aromatic carbocycles. The normalized spacial score (nSPS) is 12.6. The number of sulfonamides is 1. The van der Waals surface area contributed by atoms with Gasteiger partial charge in [-0.15, -0.1) is 0 Å². The van der Waals surface area contributed by atoms with Crippen molar-refractivity contribution < 1.29 is 21.6 Å². The Hall–Kier alpha value is -1.57. The van der Waals surface area contributed by atoms with Crippen molar-refractivity contribution in [3.05, 3.63) is 64.7 Å². The van der Waals surface area contributed by atoms with Crippen LogP contribution in [0.4, 0.5) is 13.2 Å². The van der Waals surface area contributed by atoms with Gasteiger partial charge in [0.05, 0.1) is 10.5 Å². The van der Waals surface area contributed by atoms with Gasteiger partial charge in [-0.25, -0.2) is 8.42 Å². The highest BCUT2D eigenvalue weighted by Gasteiger charge is 2.38. The van der Waals surface area contributed by atoms with Crippen LogP contribution in [-0.2, 0) is 22.7 Å². The third kappa shape index (κ3) is 4.04. The smallest absolute Gasteiger partial charge is 0.207 e. The van der Waals surface area contributed by atoms with Gasteiger partial charge in [0.2, 0.25) is 10.0 Å². The van der Waals surface area contributed by atoms with Crippen LogP contribution in [0.1, 0.15) is 11.1 Å². The number of benzene rings is 2. The van der Waals surface area contributed by atoms with Crippen LogP contribution < -0.4 is 0 Å². The predicted molar refractivity (Wildman–Crippen MR) is 81.5 cm³/mol. The average molecular weight is 364 g/mol. The lowest BCUT2D eigenvalue weighted by Crippen LogP contribution is -2.28. The molecule has 0 bridgehead atoms. The zero-order valence-corrected chi connectivity index (χ0v) is 13.6. The summed E-state index contributed by atoms with van der Waals surface area (Å²) in [5.41, 5.74) is -0.562. The molecule has 0 aliphatic heterocycles. The standard InChI is InChI=1S/C15H13ClF3NO2S/c1-20(10-11-6-8-12(16)9-7-11)23(21,22)14-5-3-2-4-13(14)15(17,18)19/h2-9H,10H2,1H3. The van der Waals surface area contributed by atoms with E-state index in [1.54, 1.807) is 24.3 Å². The van der Waals surface area contributed by atoms with Crippen molar-refractivity contribution in [1.29, 1.82) is 0 Å². The molecule has 8 heteroatoms. The SMILES string of the molecule is CN(Cc1ccc(Cl)cc1)S(=O)(=O)c1ccccc1C(F)(F)F. The molecule has 0 aromatic heterocycles. The van der Waals surface area contributed by atoms with E-state index in [0.29, 0.717) is 10.6 Å². The fourth-order valence-electron chi connectivity index (χ4n) is 2.03. The molecule has 0 saturated heterocycles. The van der Waals surface area contributed by atoms with Crippen molar-refractivity contribution in [1.82, 2.24) is 4.31 Å². The quantitative estimate of drug-likeness (QED) is 0.817. The molecule has 0 amide bonds. The predicted octanol–water partition coefficient (Wildman–Crippen LogP) is 4.18. The van der Waals surface area contributed by atoms with Gasteiger partial charge >= 0.3 is 6.18 Å². The average Bonchev–Trinajstić information content (AvgIpc) is 2.48. The summed E-state index contributed by atoms with van der Waals surface area (Å²) in [6.07, 6.45) is -4.75.